The highest BCUT2D eigenvalue weighted by atomic mass is 16.1. The zero-order chi connectivity index (χ0) is 12.9. The summed E-state index contributed by atoms with van der Waals surface area (Å²) in [6.07, 6.45) is 16.4. The van der Waals surface area contributed by atoms with Crippen molar-refractivity contribution in [3.63, 3.8) is 0 Å². The van der Waals surface area contributed by atoms with Crippen molar-refractivity contribution < 1.29 is 4.79 Å². The maximum atomic E-state index is 13.1. The zero-order valence-corrected chi connectivity index (χ0v) is 12.0. The summed E-state index contributed by atoms with van der Waals surface area (Å²) < 4.78 is 0. The van der Waals surface area contributed by atoms with Gasteiger partial charge in [0, 0.05) is 5.41 Å². The van der Waals surface area contributed by atoms with Gasteiger partial charge >= 0.3 is 0 Å². The van der Waals surface area contributed by atoms with E-state index in [0.717, 1.165) is 30.6 Å². The van der Waals surface area contributed by atoms with Crippen LogP contribution in [0, 0.1) is 23.2 Å². The summed E-state index contributed by atoms with van der Waals surface area (Å²) in [7, 11) is 0. The van der Waals surface area contributed by atoms with Crippen LogP contribution in [0.2, 0.25) is 0 Å². The molecule has 0 aromatic heterocycles. The van der Waals surface area contributed by atoms with E-state index in [1.54, 1.807) is 0 Å². The van der Waals surface area contributed by atoms with Gasteiger partial charge in [0.15, 0.2) is 5.78 Å². The number of carbonyl (C=O) groups excluding carboxylic acids is 1. The number of carbonyl (C=O) groups is 1. The Hall–Kier alpha value is -0.590. The fourth-order valence-corrected chi connectivity index (χ4v) is 5.95. The molecule has 0 amide bonds. The molecular formula is C18H26O. The Balaban J connectivity index is 1.60. The van der Waals surface area contributed by atoms with Crippen LogP contribution in [0.25, 0.3) is 0 Å². The van der Waals surface area contributed by atoms with Gasteiger partial charge in [-0.05, 0) is 87.5 Å². The van der Waals surface area contributed by atoms with Gasteiger partial charge < -0.3 is 0 Å². The number of ketones is 1. The van der Waals surface area contributed by atoms with Crippen LogP contribution in [0.1, 0.15) is 70.6 Å². The van der Waals surface area contributed by atoms with E-state index in [-0.39, 0.29) is 5.41 Å². The van der Waals surface area contributed by atoms with Gasteiger partial charge in [-0.2, -0.15) is 0 Å². The first-order chi connectivity index (χ1) is 9.25. The molecular weight excluding hydrogens is 232 g/mol. The van der Waals surface area contributed by atoms with Crippen LogP contribution in [-0.2, 0) is 4.79 Å². The van der Waals surface area contributed by atoms with Crippen molar-refractivity contribution >= 4 is 5.78 Å². The molecule has 0 atom stereocenters. The molecule has 0 heterocycles. The quantitative estimate of drug-likeness (QED) is 0.704. The smallest absolute Gasteiger partial charge is 0.164 e. The van der Waals surface area contributed by atoms with Crippen LogP contribution in [0.5, 0.6) is 0 Å². The molecule has 5 aliphatic rings. The molecule has 19 heavy (non-hydrogen) atoms. The highest BCUT2D eigenvalue weighted by Crippen LogP contribution is 2.61. The van der Waals surface area contributed by atoms with Gasteiger partial charge in [-0.25, -0.2) is 0 Å². The summed E-state index contributed by atoms with van der Waals surface area (Å²) in [6, 6.07) is 0. The number of rotatable bonds is 2. The minimum atomic E-state index is 0.102. The van der Waals surface area contributed by atoms with Gasteiger partial charge in [-0.1, -0.05) is 12.5 Å². The lowest BCUT2D eigenvalue weighted by Gasteiger charge is -2.56. The Bertz CT molecular complexity index is 382. The molecule has 4 bridgehead atoms. The molecule has 4 saturated carbocycles. The molecule has 0 radical (unpaired) electrons. The number of hydrogen-bond donors (Lipinski definition) is 0. The summed E-state index contributed by atoms with van der Waals surface area (Å²) in [4.78, 5) is 13.1. The highest BCUT2D eigenvalue weighted by Gasteiger charge is 2.54. The highest BCUT2D eigenvalue weighted by molar-refractivity contribution is 6.00. The molecule has 0 aliphatic heterocycles. The predicted octanol–water partition coefficient (Wildman–Crippen LogP) is 4.66. The van der Waals surface area contributed by atoms with Crippen molar-refractivity contribution in [3.05, 3.63) is 11.6 Å². The van der Waals surface area contributed by atoms with Crippen LogP contribution < -0.4 is 0 Å². The largest absolute Gasteiger partial charge is 0.294 e. The SMILES string of the molecule is O=C(C1=CCCCCC1)C12CC3CC(CC(C3)C1)C2. The molecule has 0 aromatic carbocycles. The molecule has 1 nitrogen and oxygen atoms in total. The lowest BCUT2D eigenvalue weighted by atomic mass is 9.48. The van der Waals surface area contributed by atoms with Crippen LogP contribution in [0.3, 0.4) is 0 Å². The molecule has 0 spiro atoms. The monoisotopic (exact) mass is 258 g/mol. The van der Waals surface area contributed by atoms with E-state index >= 15 is 0 Å². The third-order valence-corrected chi connectivity index (χ3v) is 6.35. The predicted molar refractivity (Wildman–Crippen MR) is 76.8 cm³/mol. The molecule has 5 aliphatic carbocycles. The lowest BCUT2D eigenvalue weighted by molar-refractivity contribution is -0.139. The average molecular weight is 258 g/mol. The summed E-state index contributed by atoms with van der Waals surface area (Å²) >= 11 is 0. The molecule has 0 aromatic rings. The van der Waals surface area contributed by atoms with E-state index in [2.05, 4.69) is 6.08 Å². The van der Waals surface area contributed by atoms with Crippen LogP contribution in [0.15, 0.2) is 11.6 Å². The van der Waals surface area contributed by atoms with Gasteiger partial charge in [0.25, 0.3) is 0 Å². The second-order valence-corrected chi connectivity index (χ2v) is 7.86. The van der Waals surface area contributed by atoms with Crippen LogP contribution in [-0.4, -0.2) is 5.78 Å². The average Bonchev–Trinajstić information content (AvgIpc) is 2.65. The first-order valence-corrected chi connectivity index (χ1v) is 8.49. The van der Waals surface area contributed by atoms with Gasteiger partial charge in [-0.3, -0.25) is 4.79 Å². The molecule has 0 N–H and O–H groups in total. The Morgan fingerprint density at radius 2 is 1.58 bits per heavy atom. The van der Waals surface area contributed by atoms with Crippen LogP contribution in [0.4, 0.5) is 0 Å². The zero-order valence-electron chi connectivity index (χ0n) is 12.0. The minimum Gasteiger partial charge on any atom is -0.294 e. The third kappa shape index (κ3) is 2.00. The van der Waals surface area contributed by atoms with Crippen molar-refractivity contribution in [2.45, 2.75) is 70.6 Å². The summed E-state index contributed by atoms with van der Waals surface area (Å²) in [6.45, 7) is 0. The molecule has 5 rings (SSSR count). The minimum absolute atomic E-state index is 0.102. The van der Waals surface area contributed by atoms with Crippen molar-refractivity contribution in [2.24, 2.45) is 23.2 Å². The number of Topliss-reactive ketones (excluding diaryl/α,β-unsaturated/α-hetero) is 1. The van der Waals surface area contributed by atoms with Crippen molar-refractivity contribution in [1.29, 1.82) is 0 Å². The van der Waals surface area contributed by atoms with E-state index in [9.17, 15) is 4.79 Å². The summed E-state index contributed by atoms with van der Waals surface area (Å²) in [5.74, 6) is 3.26. The Labute approximate surface area is 116 Å². The van der Waals surface area contributed by atoms with E-state index in [4.69, 9.17) is 0 Å². The van der Waals surface area contributed by atoms with Crippen molar-refractivity contribution in [1.82, 2.24) is 0 Å². The van der Waals surface area contributed by atoms with Gasteiger partial charge in [-0.15, -0.1) is 0 Å². The number of allylic oxidation sites excluding steroid dienone is 2. The van der Waals surface area contributed by atoms with Gasteiger partial charge in [0.2, 0.25) is 0 Å². The fraction of sp³-hybridized carbons (Fsp3) is 0.833. The van der Waals surface area contributed by atoms with Crippen LogP contribution >= 0.6 is 0 Å². The first-order valence-electron chi connectivity index (χ1n) is 8.49. The Kier molecular flexibility index (Phi) is 2.86. The standard InChI is InChI=1S/C18H26O/c19-17(16-5-3-1-2-4-6-16)18-10-13-7-14(11-18)9-15(8-13)12-18/h5,13-15H,1-4,6-12H2. The first kappa shape index (κ1) is 12.2. The van der Waals surface area contributed by atoms with Crippen molar-refractivity contribution in [2.75, 3.05) is 0 Å². The van der Waals surface area contributed by atoms with E-state index in [0.29, 0.717) is 5.78 Å². The van der Waals surface area contributed by atoms with E-state index in [1.807, 2.05) is 0 Å². The molecule has 1 heteroatoms. The van der Waals surface area contributed by atoms with E-state index < -0.39 is 0 Å². The lowest BCUT2D eigenvalue weighted by Crippen LogP contribution is -2.50. The maximum absolute atomic E-state index is 13.1. The molecule has 0 saturated heterocycles. The second kappa shape index (κ2) is 4.46. The second-order valence-electron chi connectivity index (χ2n) is 7.86. The molecule has 104 valence electrons. The topological polar surface area (TPSA) is 17.1 Å². The maximum Gasteiger partial charge on any atom is 0.164 e. The fourth-order valence-electron chi connectivity index (χ4n) is 5.95. The van der Waals surface area contributed by atoms with E-state index in [1.165, 1.54) is 63.4 Å². The van der Waals surface area contributed by atoms with Crippen molar-refractivity contribution in [3.8, 4) is 0 Å². The summed E-state index contributed by atoms with van der Waals surface area (Å²) in [5.41, 5.74) is 1.32. The Morgan fingerprint density at radius 1 is 0.947 bits per heavy atom. The Morgan fingerprint density at radius 3 is 2.21 bits per heavy atom. The normalized spacial score (nSPS) is 44.8. The van der Waals surface area contributed by atoms with Gasteiger partial charge in [0.1, 0.15) is 0 Å². The van der Waals surface area contributed by atoms with Gasteiger partial charge in [0.05, 0.1) is 0 Å². The molecule has 0 unspecified atom stereocenters. The number of hydrogen-bond acceptors (Lipinski definition) is 1. The summed E-state index contributed by atoms with van der Waals surface area (Å²) in [5, 5.41) is 0. The molecule has 4 fully saturated rings. The third-order valence-electron chi connectivity index (χ3n) is 6.35.